The number of halogens is 4. The van der Waals surface area contributed by atoms with Gasteiger partial charge in [-0.25, -0.2) is 0 Å². The molecule has 0 atom stereocenters. The van der Waals surface area contributed by atoms with E-state index < -0.39 is 0 Å². The van der Waals surface area contributed by atoms with E-state index in [0.717, 1.165) is 5.56 Å². The van der Waals surface area contributed by atoms with Crippen LogP contribution in [0, 0.1) is 0 Å². The molecule has 0 bridgehead atoms. The second-order valence-electron chi connectivity index (χ2n) is 4.53. The van der Waals surface area contributed by atoms with Crippen LogP contribution in [-0.2, 0) is 4.79 Å². The van der Waals surface area contributed by atoms with Crippen LogP contribution in [0.15, 0.2) is 30.3 Å². The highest BCUT2D eigenvalue weighted by Crippen LogP contribution is 2.40. The molecule has 0 spiro atoms. The van der Waals surface area contributed by atoms with Crippen LogP contribution in [0.5, 0.6) is 0 Å². The molecule has 0 unspecified atom stereocenters. The molecular weight excluding hydrogens is 352 g/mol. The molecule has 1 N–H and O–H groups in total. The number of rotatable bonds is 1. The SMILES string of the molecule is O=C1Nc2c(Cl)cc(Cl)cc2/C1=C/c1cc(Cl)cc(Cl)c1. The average molecular weight is 359 g/mol. The van der Waals surface area contributed by atoms with Gasteiger partial charge in [0.2, 0.25) is 0 Å². The van der Waals surface area contributed by atoms with Crippen LogP contribution in [0.25, 0.3) is 11.6 Å². The number of carbonyl (C=O) groups is 1. The molecule has 1 aliphatic heterocycles. The highest BCUT2D eigenvalue weighted by atomic mass is 35.5. The van der Waals surface area contributed by atoms with E-state index >= 15 is 0 Å². The number of nitrogens with one attached hydrogen (secondary N) is 1. The van der Waals surface area contributed by atoms with E-state index in [1.54, 1.807) is 36.4 Å². The summed E-state index contributed by atoms with van der Waals surface area (Å²) in [6.07, 6.45) is 1.70. The van der Waals surface area contributed by atoms with Gasteiger partial charge in [-0.2, -0.15) is 0 Å². The van der Waals surface area contributed by atoms with Crippen LogP contribution in [0.3, 0.4) is 0 Å². The van der Waals surface area contributed by atoms with E-state index in [4.69, 9.17) is 46.4 Å². The van der Waals surface area contributed by atoms with Gasteiger partial charge in [0.15, 0.2) is 0 Å². The maximum Gasteiger partial charge on any atom is 0.256 e. The van der Waals surface area contributed by atoms with Crippen molar-refractivity contribution in [1.82, 2.24) is 0 Å². The fourth-order valence-electron chi connectivity index (χ4n) is 2.18. The lowest BCUT2D eigenvalue weighted by Crippen LogP contribution is -2.03. The summed E-state index contributed by atoms with van der Waals surface area (Å²) in [4.78, 5) is 12.1. The van der Waals surface area contributed by atoms with Crippen molar-refractivity contribution in [2.24, 2.45) is 0 Å². The van der Waals surface area contributed by atoms with Gasteiger partial charge in [0.25, 0.3) is 5.91 Å². The summed E-state index contributed by atoms with van der Waals surface area (Å²) in [5.41, 5.74) is 2.41. The standard InChI is InChI=1S/C15H7Cl4NO/c16-8-1-7(2-9(17)4-8)3-12-11-5-10(18)6-13(19)14(11)20-15(12)21/h1-6H,(H,20,21)/b12-3-. The van der Waals surface area contributed by atoms with Crippen LogP contribution >= 0.6 is 46.4 Å². The molecule has 2 nitrogen and oxygen atoms in total. The van der Waals surface area contributed by atoms with E-state index in [1.165, 1.54) is 0 Å². The zero-order valence-electron chi connectivity index (χ0n) is 10.4. The Kier molecular flexibility index (Phi) is 3.89. The number of hydrogen-bond acceptors (Lipinski definition) is 1. The zero-order valence-corrected chi connectivity index (χ0v) is 13.4. The van der Waals surface area contributed by atoms with E-state index in [-0.39, 0.29) is 5.91 Å². The molecular formula is C15H7Cl4NO. The molecule has 0 radical (unpaired) electrons. The van der Waals surface area contributed by atoms with Gasteiger partial charge in [-0.1, -0.05) is 46.4 Å². The molecule has 0 aromatic heterocycles. The van der Waals surface area contributed by atoms with Crippen LogP contribution in [0.4, 0.5) is 5.69 Å². The van der Waals surface area contributed by atoms with Crippen molar-refractivity contribution in [1.29, 1.82) is 0 Å². The molecule has 6 heteroatoms. The second-order valence-corrected chi connectivity index (χ2v) is 6.24. The Hall–Kier alpha value is -1.19. The molecule has 1 aliphatic rings. The Labute approximate surface area is 141 Å². The molecule has 3 rings (SSSR count). The normalized spacial score (nSPS) is 15.2. The smallest absolute Gasteiger partial charge is 0.256 e. The zero-order chi connectivity index (χ0) is 15.1. The van der Waals surface area contributed by atoms with Crippen molar-refractivity contribution in [2.45, 2.75) is 0 Å². The molecule has 2 aromatic rings. The average Bonchev–Trinajstić information content (AvgIpc) is 2.66. The third-order valence-electron chi connectivity index (χ3n) is 3.02. The highest BCUT2D eigenvalue weighted by Gasteiger charge is 2.26. The first-order valence-corrected chi connectivity index (χ1v) is 7.44. The molecule has 0 saturated carbocycles. The third kappa shape index (κ3) is 2.90. The summed E-state index contributed by atoms with van der Waals surface area (Å²) in [6, 6.07) is 8.34. The van der Waals surface area contributed by atoms with E-state index in [2.05, 4.69) is 5.32 Å². The highest BCUT2D eigenvalue weighted by molar-refractivity contribution is 6.43. The van der Waals surface area contributed by atoms with Gasteiger partial charge < -0.3 is 5.32 Å². The molecule has 21 heavy (non-hydrogen) atoms. The lowest BCUT2D eigenvalue weighted by Gasteiger charge is -2.03. The number of benzene rings is 2. The first-order valence-electron chi connectivity index (χ1n) is 5.92. The Bertz CT molecular complexity index is 778. The van der Waals surface area contributed by atoms with E-state index in [1.807, 2.05) is 0 Å². The first-order chi connectivity index (χ1) is 9.94. The van der Waals surface area contributed by atoms with Gasteiger partial charge in [0, 0.05) is 26.2 Å². The lowest BCUT2D eigenvalue weighted by atomic mass is 10.0. The number of carbonyl (C=O) groups excluding carboxylic acids is 1. The molecule has 0 fully saturated rings. The molecule has 2 aromatic carbocycles. The number of anilines is 1. The third-order valence-corrected chi connectivity index (χ3v) is 3.98. The minimum absolute atomic E-state index is 0.245. The summed E-state index contributed by atoms with van der Waals surface area (Å²) >= 11 is 24.0. The van der Waals surface area contributed by atoms with Crippen molar-refractivity contribution < 1.29 is 4.79 Å². The van der Waals surface area contributed by atoms with Gasteiger partial charge in [-0.05, 0) is 42.0 Å². The minimum Gasteiger partial charge on any atom is -0.320 e. The summed E-state index contributed by atoms with van der Waals surface area (Å²) in [5.74, 6) is -0.245. The van der Waals surface area contributed by atoms with Crippen molar-refractivity contribution in [2.75, 3.05) is 5.32 Å². The molecule has 0 saturated heterocycles. The Morgan fingerprint density at radius 1 is 0.857 bits per heavy atom. The van der Waals surface area contributed by atoms with Crippen molar-refractivity contribution >= 4 is 69.6 Å². The van der Waals surface area contributed by atoms with Crippen molar-refractivity contribution in [3.8, 4) is 0 Å². The monoisotopic (exact) mass is 357 g/mol. The van der Waals surface area contributed by atoms with Gasteiger partial charge in [-0.3, -0.25) is 4.79 Å². The van der Waals surface area contributed by atoms with Crippen LogP contribution in [-0.4, -0.2) is 5.91 Å². The first kappa shape index (κ1) is 14.7. The lowest BCUT2D eigenvalue weighted by molar-refractivity contribution is -0.110. The Morgan fingerprint density at radius 3 is 2.14 bits per heavy atom. The van der Waals surface area contributed by atoms with Crippen LogP contribution < -0.4 is 5.32 Å². The van der Waals surface area contributed by atoms with Gasteiger partial charge >= 0.3 is 0 Å². The van der Waals surface area contributed by atoms with Crippen LogP contribution in [0.2, 0.25) is 20.1 Å². The van der Waals surface area contributed by atoms with Gasteiger partial charge in [0.05, 0.1) is 10.7 Å². The minimum atomic E-state index is -0.245. The summed E-state index contributed by atoms with van der Waals surface area (Å²) < 4.78 is 0. The summed E-state index contributed by atoms with van der Waals surface area (Å²) in [6.45, 7) is 0. The summed E-state index contributed by atoms with van der Waals surface area (Å²) in [7, 11) is 0. The molecule has 106 valence electrons. The number of amides is 1. The topological polar surface area (TPSA) is 29.1 Å². The predicted molar refractivity (Wildman–Crippen MR) is 89.4 cm³/mol. The Morgan fingerprint density at radius 2 is 1.48 bits per heavy atom. The number of hydrogen-bond donors (Lipinski definition) is 1. The van der Waals surface area contributed by atoms with Gasteiger partial charge in [-0.15, -0.1) is 0 Å². The molecule has 1 amide bonds. The fraction of sp³-hybridized carbons (Fsp3) is 0. The summed E-state index contributed by atoms with van der Waals surface area (Å²) in [5, 5.41) is 4.59. The molecule has 1 heterocycles. The fourth-order valence-corrected chi connectivity index (χ4v) is 3.27. The predicted octanol–water partition coefficient (Wildman–Crippen LogP) is 5.79. The van der Waals surface area contributed by atoms with Crippen molar-refractivity contribution in [3.63, 3.8) is 0 Å². The number of fused-ring (bicyclic) bond motifs is 1. The molecule has 0 aliphatic carbocycles. The Balaban J connectivity index is 2.16. The maximum atomic E-state index is 12.1. The van der Waals surface area contributed by atoms with Crippen molar-refractivity contribution in [3.05, 3.63) is 61.5 Å². The van der Waals surface area contributed by atoms with E-state index in [0.29, 0.717) is 36.9 Å². The second kappa shape index (κ2) is 5.54. The van der Waals surface area contributed by atoms with Crippen LogP contribution in [0.1, 0.15) is 11.1 Å². The van der Waals surface area contributed by atoms with Gasteiger partial charge in [0.1, 0.15) is 0 Å². The quantitative estimate of drug-likeness (QED) is 0.642. The van der Waals surface area contributed by atoms with E-state index in [9.17, 15) is 4.79 Å². The maximum absolute atomic E-state index is 12.1. The largest absolute Gasteiger partial charge is 0.320 e.